The average molecular weight is 385 g/mol. The third-order valence-electron chi connectivity index (χ3n) is 2.67. The van der Waals surface area contributed by atoms with Crippen molar-refractivity contribution in [3.8, 4) is 0 Å². The van der Waals surface area contributed by atoms with Crippen LogP contribution in [0, 0.1) is 11.6 Å². The fourth-order valence-corrected chi connectivity index (χ4v) is 3.12. The topological polar surface area (TPSA) is 58.2 Å². The summed E-state index contributed by atoms with van der Waals surface area (Å²) >= 11 is 2.83. The molecule has 0 aliphatic heterocycles. The van der Waals surface area contributed by atoms with Gasteiger partial charge in [-0.2, -0.15) is 0 Å². The lowest BCUT2D eigenvalue weighted by atomic mass is 10.3. The molecule has 0 fully saturated rings. The van der Waals surface area contributed by atoms with Crippen LogP contribution in [0.1, 0.15) is 26.7 Å². The fourth-order valence-electron chi connectivity index (χ4n) is 1.63. The van der Waals surface area contributed by atoms with Crippen LogP contribution in [0.5, 0.6) is 0 Å². The van der Waals surface area contributed by atoms with Gasteiger partial charge >= 0.3 is 0 Å². The molecule has 0 saturated carbocycles. The number of halogens is 3. The zero-order chi connectivity index (χ0) is 16.0. The molecule has 0 aromatic heterocycles. The van der Waals surface area contributed by atoms with E-state index >= 15 is 0 Å². The summed E-state index contributed by atoms with van der Waals surface area (Å²) in [5.41, 5.74) is -0.379. The third kappa shape index (κ3) is 6.71. The molecule has 0 aliphatic carbocycles. The molecule has 0 aliphatic rings. The summed E-state index contributed by atoms with van der Waals surface area (Å²) in [6.45, 7) is 4.72. The summed E-state index contributed by atoms with van der Waals surface area (Å²) in [6, 6.07) is 2.05. The maximum atomic E-state index is 13.6. The predicted molar refractivity (Wildman–Crippen MR) is 83.8 cm³/mol. The molecule has 8 heteroatoms. The van der Waals surface area contributed by atoms with E-state index in [1.54, 1.807) is 0 Å². The second kappa shape index (κ2) is 8.05. The van der Waals surface area contributed by atoms with Crippen LogP contribution >= 0.6 is 15.9 Å². The molecule has 2 N–H and O–H groups in total. The number of nitrogens with one attached hydrogen (secondary N) is 2. The predicted octanol–water partition coefficient (Wildman–Crippen LogP) is 3.25. The van der Waals surface area contributed by atoms with Gasteiger partial charge in [0.2, 0.25) is 10.0 Å². The van der Waals surface area contributed by atoms with Crippen molar-refractivity contribution in [2.24, 2.45) is 0 Å². The van der Waals surface area contributed by atoms with Crippen LogP contribution in [0.15, 0.2) is 16.6 Å². The van der Waals surface area contributed by atoms with Crippen LogP contribution in [0.3, 0.4) is 0 Å². The highest BCUT2D eigenvalue weighted by atomic mass is 79.9. The first-order valence-corrected chi connectivity index (χ1v) is 9.04. The molecule has 1 aromatic rings. The van der Waals surface area contributed by atoms with Gasteiger partial charge in [0, 0.05) is 12.1 Å². The molecule has 120 valence electrons. The van der Waals surface area contributed by atoms with Crippen LogP contribution in [0.2, 0.25) is 0 Å². The minimum atomic E-state index is -3.69. The molecule has 0 saturated heterocycles. The molecule has 1 rings (SSSR count). The first-order valence-electron chi connectivity index (χ1n) is 6.59. The van der Waals surface area contributed by atoms with Gasteiger partial charge in [-0.3, -0.25) is 4.72 Å². The Morgan fingerprint density at radius 2 is 1.86 bits per heavy atom. The smallest absolute Gasteiger partial charge is 0.232 e. The minimum Gasteiger partial charge on any atom is -0.315 e. The van der Waals surface area contributed by atoms with E-state index < -0.39 is 21.7 Å². The van der Waals surface area contributed by atoms with Gasteiger partial charge in [0.25, 0.3) is 0 Å². The fraction of sp³-hybridized carbons (Fsp3) is 0.538. The zero-order valence-corrected chi connectivity index (χ0v) is 14.3. The first kappa shape index (κ1) is 18.3. The molecule has 1 aromatic carbocycles. The lowest BCUT2D eigenvalue weighted by Crippen LogP contribution is -2.24. The summed E-state index contributed by atoms with van der Waals surface area (Å²) in [5, 5.41) is 3.17. The average Bonchev–Trinajstić information content (AvgIpc) is 2.34. The van der Waals surface area contributed by atoms with Crippen molar-refractivity contribution in [2.45, 2.75) is 32.7 Å². The monoisotopic (exact) mass is 384 g/mol. The summed E-state index contributed by atoms with van der Waals surface area (Å²) in [5.74, 6) is -1.69. The van der Waals surface area contributed by atoms with Crippen LogP contribution in [0.4, 0.5) is 14.5 Å². The lowest BCUT2D eigenvalue weighted by Gasteiger charge is -2.10. The largest absolute Gasteiger partial charge is 0.315 e. The van der Waals surface area contributed by atoms with E-state index in [0.717, 1.165) is 12.1 Å². The number of anilines is 1. The standard InChI is InChI=1S/C13H19BrF2N2O2S/c1-9(2)17-5-3-4-6-21(19,20)18-13-8-11(15)10(14)7-12(13)16/h7-9,17-18H,3-6H2,1-2H3. The summed E-state index contributed by atoms with van der Waals surface area (Å²) < 4.78 is 52.5. The molecular formula is C13H19BrF2N2O2S. The molecule has 0 amide bonds. The molecule has 0 heterocycles. The van der Waals surface area contributed by atoms with Crippen LogP contribution in [-0.2, 0) is 10.0 Å². The van der Waals surface area contributed by atoms with Crippen LogP contribution in [0.25, 0.3) is 0 Å². The number of hydrogen-bond donors (Lipinski definition) is 2. The van der Waals surface area contributed by atoms with E-state index in [1.165, 1.54) is 0 Å². The van der Waals surface area contributed by atoms with Crippen molar-refractivity contribution in [1.29, 1.82) is 0 Å². The van der Waals surface area contributed by atoms with E-state index in [2.05, 4.69) is 26.0 Å². The van der Waals surface area contributed by atoms with Crippen molar-refractivity contribution in [1.82, 2.24) is 5.32 Å². The highest BCUT2D eigenvalue weighted by Gasteiger charge is 2.15. The van der Waals surface area contributed by atoms with Gasteiger partial charge in [0.15, 0.2) is 0 Å². The Bertz CT molecular complexity index is 580. The Balaban J connectivity index is 2.55. The van der Waals surface area contributed by atoms with Gasteiger partial charge < -0.3 is 5.32 Å². The Morgan fingerprint density at radius 1 is 1.19 bits per heavy atom. The van der Waals surface area contributed by atoms with Crippen molar-refractivity contribution < 1.29 is 17.2 Å². The van der Waals surface area contributed by atoms with Gasteiger partial charge in [-0.05, 0) is 41.4 Å². The molecule has 21 heavy (non-hydrogen) atoms. The van der Waals surface area contributed by atoms with Gasteiger partial charge in [0.05, 0.1) is 15.9 Å². The van der Waals surface area contributed by atoms with Gasteiger partial charge in [-0.1, -0.05) is 13.8 Å². The molecule has 0 atom stereocenters. The zero-order valence-electron chi connectivity index (χ0n) is 11.9. The SMILES string of the molecule is CC(C)NCCCCS(=O)(=O)Nc1cc(F)c(Br)cc1F. The summed E-state index contributed by atoms with van der Waals surface area (Å²) in [6.07, 6.45) is 1.13. The van der Waals surface area contributed by atoms with Crippen molar-refractivity contribution in [3.63, 3.8) is 0 Å². The van der Waals surface area contributed by atoms with Gasteiger partial charge in [-0.25, -0.2) is 17.2 Å². The normalized spacial score (nSPS) is 11.9. The Kier molecular flexibility index (Phi) is 7.02. The quantitative estimate of drug-likeness (QED) is 0.534. The number of unbranched alkanes of at least 4 members (excludes halogenated alkanes) is 1. The Hall–Kier alpha value is -0.730. The molecule has 4 nitrogen and oxygen atoms in total. The highest BCUT2D eigenvalue weighted by Crippen LogP contribution is 2.24. The van der Waals surface area contributed by atoms with Crippen molar-refractivity contribution in [3.05, 3.63) is 28.2 Å². The number of benzene rings is 1. The van der Waals surface area contributed by atoms with E-state index in [0.29, 0.717) is 25.4 Å². The Morgan fingerprint density at radius 3 is 2.48 bits per heavy atom. The maximum Gasteiger partial charge on any atom is 0.232 e. The van der Waals surface area contributed by atoms with E-state index in [9.17, 15) is 17.2 Å². The van der Waals surface area contributed by atoms with Crippen LogP contribution in [-0.4, -0.2) is 26.8 Å². The number of sulfonamides is 1. The maximum absolute atomic E-state index is 13.6. The molecular weight excluding hydrogens is 366 g/mol. The molecule has 0 spiro atoms. The second-order valence-electron chi connectivity index (χ2n) is 4.98. The number of rotatable bonds is 8. The van der Waals surface area contributed by atoms with Crippen molar-refractivity contribution >= 4 is 31.6 Å². The highest BCUT2D eigenvalue weighted by molar-refractivity contribution is 9.10. The summed E-state index contributed by atoms with van der Waals surface area (Å²) in [7, 11) is -3.69. The number of hydrogen-bond acceptors (Lipinski definition) is 3. The molecule has 0 bridgehead atoms. The Labute approximate surface area is 132 Å². The minimum absolute atomic E-state index is 0.0530. The first-order chi connectivity index (χ1) is 9.71. The van der Waals surface area contributed by atoms with E-state index in [-0.39, 0.29) is 15.9 Å². The van der Waals surface area contributed by atoms with Gasteiger partial charge in [-0.15, -0.1) is 0 Å². The van der Waals surface area contributed by atoms with Crippen LogP contribution < -0.4 is 10.0 Å². The van der Waals surface area contributed by atoms with E-state index in [4.69, 9.17) is 0 Å². The van der Waals surface area contributed by atoms with E-state index in [1.807, 2.05) is 13.8 Å². The van der Waals surface area contributed by atoms with Crippen molar-refractivity contribution in [2.75, 3.05) is 17.0 Å². The van der Waals surface area contributed by atoms with Gasteiger partial charge in [0.1, 0.15) is 11.6 Å². The second-order valence-corrected chi connectivity index (χ2v) is 7.68. The summed E-state index contributed by atoms with van der Waals surface area (Å²) in [4.78, 5) is 0. The third-order valence-corrected chi connectivity index (χ3v) is 4.63. The molecule has 0 radical (unpaired) electrons. The molecule has 0 unspecified atom stereocenters. The lowest BCUT2D eigenvalue weighted by molar-refractivity contribution is 0.560.